The van der Waals surface area contributed by atoms with Crippen LogP contribution in [0.15, 0.2) is 273 Å². The number of esters is 3. The molecule has 1 unspecified atom stereocenters. The van der Waals surface area contributed by atoms with Crippen molar-refractivity contribution in [2.24, 2.45) is 25.9 Å². The molecule has 5 atom stereocenters. The Morgan fingerprint density at radius 1 is 0.534 bits per heavy atom. The van der Waals surface area contributed by atoms with Gasteiger partial charge in [-0.3, -0.25) is 19.2 Å². The van der Waals surface area contributed by atoms with Crippen molar-refractivity contribution < 1.29 is 62.3 Å². The highest BCUT2D eigenvalue weighted by molar-refractivity contribution is 6.19. The van der Waals surface area contributed by atoms with Crippen LogP contribution in [0.1, 0.15) is 145 Å². The summed E-state index contributed by atoms with van der Waals surface area (Å²) in [5.74, 6) is -2.18. The normalized spacial score (nSPS) is 15.2. The third kappa shape index (κ3) is 17.6. The lowest BCUT2D eigenvalue weighted by atomic mass is 9.83. The fraction of sp³-hybridized carbons (Fsp3) is 0.240. The van der Waals surface area contributed by atoms with Crippen LogP contribution in [0.2, 0.25) is 0 Å². The number of nitrogens with zero attached hydrogens (tertiary/aromatic N) is 5. The van der Waals surface area contributed by atoms with Crippen LogP contribution in [0, 0.1) is 18.8 Å². The summed E-state index contributed by atoms with van der Waals surface area (Å²) < 4.78 is 23.1. The second-order valence-corrected chi connectivity index (χ2v) is 30.6. The number of ketones is 3. The van der Waals surface area contributed by atoms with Crippen molar-refractivity contribution in [3.63, 3.8) is 0 Å². The number of carbonyl (C=O) groups excluding carboxylic acids is 6. The molecule has 16 nitrogen and oxygen atoms in total. The molecule has 0 aliphatic heterocycles. The number of aryl methyl sites for hydroxylation is 3. The Morgan fingerprint density at radius 3 is 1.59 bits per heavy atom. The molecule has 0 saturated heterocycles. The third-order valence-corrected chi connectivity index (χ3v) is 22.1. The number of para-hydroxylation sites is 4. The standard InChI is InChI=1S/C100H99N5O11/c1-11-29-73(106)30-22-23-36-78-77(91(107)64-92(78)108)35-20-12-13-21-42-93(109)116-100(70-50-53-72(54-51-70)101(3)4,71-52-58-86(103(7)8)84(63-71)97(111)69-48-56-82-90(62-69)105(10)88-41-27-25-38-80(88)95(82)99(113)115-75-33-18-15-19-34-75)59-28-39-76(66-45-43-65(2)44-46-66)67-49-57-85(102(5)6)83(60-67)96(110)68-47-55-81-89(61-68)104(9)87-40-26-24-37-79(87)94(81)98(112)114-74-31-16-14-17-32-74/h12,14-20,23-28,31-34,36-41,43-63,73,77-78,92,106,108H,11,13,21-22,29-30,35,42,64H2,1-10H3/q+2/t73-,77-,78-,92-,100?/m1/s1. The molecule has 0 radical (unpaired) electrons. The SMILES string of the molecule is CCC[C@@H](O)CCC=C[C@H]1[C@H](O)CC(=O)[C@@H]1CC=CCCCC(=O)OC(C=CC=C(c1ccc(C)cc1)c1ccc(N(C)C)c(C(=O)c2ccc3c(C(=O)Oc4ccccc4)c4ccccc4[n+](C)c3c2)c1)(c1ccc(N(C)C)cc1)c1ccc(N(C)C)c(C(=O)c2ccc3c(C(=O)Oc4ccccc4)c4ccccc4[n+](C)c3c2)c1. The highest BCUT2D eigenvalue weighted by Gasteiger charge is 2.41. The maximum absolute atomic E-state index is 16.0. The van der Waals surface area contributed by atoms with Crippen LogP contribution in [-0.4, -0.2) is 100.0 Å². The topological polar surface area (TPSA) is 188 Å². The number of hydrogen-bond acceptors (Lipinski definition) is 14. The first-order chi connectivity index (χ1) is 56.0. The zero-order valence-corrected chi connectivity index (χ0v) is 67.5. The summed E-state index contributed by atoms with van der Waals surface area (Å²) in [5, 5.41) is 23.9. The average Bonchev–Trinajstić information content (AvgIpc) is 0.912. The van der Waals surface area contributed by atoms with Crippen LogP contribution >= 0.6 is 0 Å². The molecule has 1 saturated carbocycles. The van der Waals surface area contributed by atoms with Gasteiger partial charge in [0.2, 0.25) is 22.1 Å². The largest absolute Gasteiger partial charge is 0.445 e. The number of rotatable bonds is 30. The van der Waals surface area contributed by atoms with Gasteiger partial charge in [0.15, 0.2) is 17.2 Å². The number of aliphatic hydroxyl groups is 2. The Kier molecular flexibility index (Phi) is 25.3. The molecule has 1 aliphatic carbocycles. The minimum atomic E-state index is -1.76. The number of pyridine rings is 2. The number of fused-ring (bicyclic) bond motifs is 4. The van der Waals surface area contributed by atoms with Gasteiger partial charge in [-0.25, -0.2) is 9.59 Å². The van der Waals surface area contributed by atoms with E-state index in [1.165, 1.54) is 0 Å². The lowest BCUT2D eigenvalue weighted by Gasteiger charge is -2.33. The van der Waals surface area contributed by atoms with E-state index in [-0.39, 0.29) is 36.1 Å². The Hall–Kier alpha value is -12.8. The molecule has 12 aromatic rings. The number of allylic oxidation sites excluding steroid dienone is 5. The number of aromatic nitrogens is 2. The van der Waals surface area contributed by atoms with E-state index in [1.807, 2.05) is 300 Å². The maximum atomic E-state index is 16.0. The number of ether oxygens (including phenoxy) is 3. The Balaban J connectivity index is 0.919. The predicted molar refractivity (Wildman–Crippen MR) is 461 cm³/mol. The van der Waals surface area contributed by atoms with Crippen molar-refractivity contribution in [1.29, 1.82) is 0 Å². The number of unbranched alkanes of at least 4 members (excludes halogenated alkanes) is 1. The second-order valence-electron chi connectivity index (χ2n) is 30.6. The molecule has 1 aliphatic rings. The van der Waals surface area contributed by atoms with Gasteiger partial charge in [0, 0.05) is 142 Å². The van der Waals surface area contributed by atoms with Gasteiger partial charge in [-0.05, 0) is 165 Å². The minimum Gasteiger partial charge on any atom is -0.445 e. The smallest absolute Gasteiger partial charge is 0.345 e. The Labute approximate surface area is 678 Å². The van der Waals surface area contributed by atoms with Crippen LogP contribution < -0.4 is 33.3 Å². The fourth-order valence-electron chi connectivity index (χ4n) is 15.9. The quantitative estimate of drug-likeness (QED) is 0.00632. The predicted octanol–water partition coefficient (Wildman–Crippen LogP) is 18.0. The van der Waals surface area contributed by atoms with Gasteiger partial charge >= 0.3 is 17.9 Å². The summed E-state index contributed by atoms with van der Waals surface area (Å²) in [6.07, 6.45) is 16.5. The number of anilines is 3. The van der Waals surface area contributed by atoms with Gasteiger partial charge in [0.25, 0.3) is 0 Å². The van der Waals surface area contributed by atoms with Crippen LogP contribution in [0.3, 0.4) is 0 Å². The van der Waals surface area contributed by atoms with Crippen LogP contribution in [0.4, 0.5) is 17.1 Å². The van der Waals surface area contributed by atoms with E-state index >= 15 is 14.4 Å². The van der Waals surface area contributed by atoms with Gasteiger partial charge in [-0.2, -0.15) is 9.13 Å². The highest BCUT2D eigenvalue weighted by Crippen LogP contribution is 2.42. The lowest BCUT2D eigenvalue weighted by molar-refractivity contribution is -0.617. The highest BCUT2D eigenvalue weighted by atomic mass is 16.6. The van der Waals surface area contributed by atoms with Gasteiger partial charge in [0.05, 0.1) is 44.9 Å². The van der Waals surface area contributed by atoms with Crippen LogP contribution in [0.25, 0.3) is 49.2 Å². The lowest BCUT2D eigenvalue weighted by Crippen LogP contribution is -2.33. The molecule has 10 aromatic carbocycles. The first-order valence-electron chi connectivity index (χ1n) is 39.7. The van der Waals surface area contributed by atoms with Crippen LogP contribution in [-0.2, 0) is 34.0 Å². The first-order valence-corrected chi connectivity index (χ1v) is 39.7. The van der Waals surface area contributed by atoms with Crippen molar-refractivity contribution in [2.45, 2.75) is 89.4 Å². The van der Waals surface area contributed by atoms with Crippen LogP contribution in [0.5, 0.6) is 11.5 Å². The molecule has 0 amide bonds. The van der Waals surface area contributed by atoms with Gasteiger partial charge in [-0.1, -0.05) is 165 Å². The molecule has 0 spiro atoms. The second kappa shape index (κ2) is 36.2. The number of hydrogen-bond donors (Lipinski definition) is 2. The van der Waals surface area contributed by atoms with E-state index < -0.39 is 41.6 Å². The van der Waals surface area contributed by atoms with E-state index in [4.69, 9.17) is 14.2 Å². The molecule has 2 N–H and O–H groups in total. The van der Waals surface area contributed by atoms with Crippen molar-refractivity contribution in [3.05, 3.63) is 334 Å². The molecule has 1 fully saturated rings. The number of Topliss-reactive ketones (excluding diaryl/α,β-unsaturated/α-hetero) is 1. The maximum Gasteiger partial charge on any atom is 0.345 e. The molecular formula is C100H99N5O11+2. The van der Waals surface area contributed by atoms with E-state index in [0.29, 0.717) is 138 Å². The summed E-state index contributed by atoms with van der Waals surface area (Å²) in [5.41, 5.74) is 9.57. The van der Waals surface area contributed by atoms with Crippen molar-refractivity contribution in [1.82, 2.24) is 0 Å². The summed E-state index contributed by atoms with van der Waals surface area (Å²) in [6.45, 7) is 4.06. The monoisotopic (exact) mass is 1550 g/mol. The Morgan fingerprint density at radius 2 is 1.04 bits per heavy atom. The molecule has 0 bridgehead atoms. The molecular weight excluding hydrogens is 1450 g/mol. The number of aliphatic hydroxyl groups excluding tert-OH is 2. The zero-order chi connectivity index (χ0) is 81.9. The molecule has 116 heavy (non-hydrogen) atoms. The number of carbonyl (C=O) groups is 6. The summed E-state index contributed by atoms with van der Waals surface area (Å²) in [7, 11) is 15.2. The summed E-state index contributed by atoms with van der Waals surface area (Å²) in [4.78, 5) is 94.9. The molecule has 588 valence electrons. The third-order valence-electron chi connectivity index (χ3n) is 22.1. The molecule has 2 aromatic heterocycles. The van der Waals surface area contributed by atoms with E-state index in [9.17, 15) is 24.6 Å². The van der Waals surface area contributed by atoms with Gasteiger partial charge in [0.1, 0.15) is 31.4 Å². The molecule has 16 heteroatoms. The Bertz CT molecular complexity index is 5830. The zero-order valence-electron chi connectivity index (χ0n) is 67.5. The minimum absolute atomic E-state index is 0.000259. The van der Waals surface area contributed by atoms with Gasteiger partial charge < -0.3 is 39.1 Å². The van der Waals surface area contributed by atoms with E-state index in [2.05, 4.69) is 0 Å². The van der Waals surface area contributed by atoms with Crippen molar-refractivity contribution in [3.8, 4) is 11.5 Å². The first kappa shape index (κ1) is 81.3. The van der Waals surface area contributed by atoms with E-state index in [1.54, 1.807) is 66.7 Å². The number of benzene rings is 10. The molecule has 2 heterocycles. The summed E-state index contributed by atoms with van der Waals surface area (Å²) >= 11 is 0. The van der Waals surface area contributed by atoms with Crippen molar-refractivity contribution >= 4 is 102 Å². The molecule has 13 rings (SSSR count). The van der Waals surface area contributed by atoms with E-state index in [0.717, 1.165) is 46.3 Å². The average molecular weight is 1550 g/mol. The van der Waals surface area contributed by atoms with Gasteiger partial charge in [-0.15, -0.1) is 0 Å². The fourth-order valence-corrected chi connectivity index (χ4v) is 15.9. The summed E-state index contributed by atoms with van der Waals surface area (Å²) in [6, 6.07) is 71.1. The van der Waals surface area contributed by atoms with Crippen molar-refractivity contribution in [2.75, 3.05) is 57.0 Å².